The summed E-state index contributed by atoms with van der Waals surface area (Å²) in [4.78, 5) is 0. The van der Waals surface area contributed by atoms with Crippen molar-refractivity contribution in [3.8, 4) is 5.75 Å². The Morgan fingerprint density at radius 1 is 1.11 bits per heavy atom. The number of benzene rings is 2. The Kier molecular flexibility index (Phi) is 4.64. The minimum absolute atomic E-state index is 0.454. The fourth-order valence-electron chi connectivity index (χ4n) is 1.61. The highest BCUT2D eigenvalue weighted by Gasteiger charge is 2.06. The Morgan fingerprint density at radius 3 is 2.50 bits per heavy atom. The molecule has 0 bridgehead atoms. The maximum atomic E-state index is 5.84. The number of para-hydroxylation sites is 1. The molecule has 0 spiro atoms. The van der Waals surface area contributed by atoms with Gasteiger partial charge < -0.3 is 10.5 Å². The van der Waals surface area contributed by atoms with Crippen LogP contribution in [0.5, 0.6) is 5.75 Å². The smallest absolute Gasteiger partial charge is 0.138 e. The van der Waals surface area contributed by atoms with Gasteiger partial charge in [0, 0.05) is 17.1 Å². The Hall–Kier alpha value is -1.03. The lowest BCUT2D eigenvalue weighted by molar-refractivity contribution is 0.301. The van der Waals surface area contributed by atoms with E-state index in [9.17, 15) is 0 Å². The zero-order valence-corrected chi connectivity index (χ0v) is 12.0. The summed E-state index contributed by atoms with van der Waals surface area (Å²) in [5.41, 5.74) is 7.74. The van der Waals surface area contributed by atoms with Crippen LogP contribution in [0.1, 0.15) is 11.1 Å². The highest BCUT2D eigenvalue weighted by atomic mass is 79.9. The molecule has 2 N–H and O–H groups in total. The first-order valence-electron chi connectivity index (χ1n) is 5.55. The SMILES string of the molecule is NCc1cccc(Br)c1OCc1ccc(Cl)cc1. The van der Waals surface area contributed by atoms with Gasteiger partial charge in [0.2, 0.25) is 0 Å². The maximum absolute atomic E-state index is 5.84. The van der Waals surface area contributed by atoms with E-state index < -0.39 is 0 Å². The van der Waals surface area contributed by atoms with Crippen LogP contribution in [-0.2, 0) is 13.2 Å². The van der Waals surface area contributed by atoms with Gasteiger partial charge in [-0.05, 0) is 39.7 Å². The molecular formula is C14H13BrClNO. The number of rotatable bonds is 4. The molecule has 0 amide bonds. The summed E-state index contributed by atoms with van der Waals surface area (Å²) < 4.78 is 6.73. The van der Waals surface area contributed by atoms with Gasteiger partial charge in [-0.25, -0.2) is 0 Å². The van der Waals surface area contributed by atoms with Crippen molar-refractivity contribution in [2.45, 2.75) is 13.2 Å². The molecule has 4 heteroatoms. The molecule has 0 heterocycles. The molecule has 0 aliphatic heterocycles. The van der Waals surface area contributed by atoms with E-state index in [-0.39, 0.29) is 0 Å². The monoisotopic (exact) mass is 325 g/mol. The molecule has 2 rings (SSSR count). The van der Waals surface area contributed by atoms with Gasteiger partial charge in [-0.3, -0.25) is 0 Å². The first-order valence-corrected chi connectivity index (χ1v) is 6.72. The van der Waals surface area contributed by atoms with E-state index in [0.717, 1.165) is 26.4 Å². The Morgan fingerprint density at radius 2 is 1.83 bits per heavy atom. The molecule has 2 nitrogen and oxygen atoms in total. The molecule has 94 valence electrons. The van der Waals surface area contributed by atoms with Crippen LogP contribution >= 0.6 is 27.5 Å². The molecule has 0 saturated heterocycles. The summed E-state index contributed by atoms with van der Waals surface area (Å²) in [5.74, 6) is 0.801. The van der Waals surface area contributed by atoms with Crippen LogP contribution in [0.3, 0.4) is 0 Å². The Balaban J connectivity index is 2.12. The van der Waals surface area contributed by atoms with Crippen molar-refractivity contribution in [1.82, 2.24) is 0 Å². The van der Waals surface area contributed by atoms with Gasteiger partial charge in [0.1, 0.15) is 12.4 Å². The third kappa shape index (κ3) is 3.25. The van der Waals surface area contributed by atoms with Gasteiger partial charge in [0.15, 0.2) is 0 Å². The quantitative estimate of drug-likeness (QED) is 0.916. The van der Waals surface area contributed by atoms with Crippen molar-refractivity contribution < 1.29 is 4.74 Å². The lowest BCUT2D eigenvalue weighted by Gasteiger charge is -2.12. The van der Waals surface area contributed by atoms with Gasteiger partial charge >= 0.3 is 0 Å². The molecular weight excluding hydrogens is 314 g/mol. The summed E-state index contributed by atoms with van der Waals surface area (Å²) in [6, 6.07) is 13.4. The highest BCUT2D eigenvalue weighted by molar-refractivity contribution is 9.10. The highest BCUT2D eigenvalue weighted by Crippen LogP contribution is 2.29. The van der Waals surface area contributed by atoms with E-state index in [2.05, 4.69) is 15.9 Å². The third-order valence-electron chi connectivity index (χ3n) is 2.56. The fraction of sp³-hybridized carbons (Fsp3) is 0.143. The molecule has 18 heavy (non-hydrogen) atoms. The van der Waals surface area contributed by atoms with Crippen molar-refractivity contribution in [3.05, 3.63) is 63.1 Å². The van der Waals surface area contributed by atoms with Crippen molar-refractivity contribution in [2.75, 3.05) is 0 Å². The molecule has 0 aromatic heterocycles. The Bertz CT molecular complexity index is 528. The second-order valence-electron chi connectivity index (χ2n) is 3.85. The lowest BCUT2D eigenvalue weighted by atomic mass is 10.2. The second kappa shape index (κ2) is 6.23. The van der Waals surface area contributed by atoms with Crippen LogP contribution in [0.4, 0.5) is 0 Å². The molecule has 0 radical (unpaired) electrons. The van der Waals surface area contributed by atoms with Gasteiger partial charge in [-0.1, -0.05) is 35.9 Å². The maximum Gasteiger partial charge on any atom is 0.138 e. The van der Waals surface area contributed by atoms with Gasteiger partial charge in [0.25, 0.3) is 0 Å². The largest absolute Gasteiger partial charge is 0.487 e. The van der Waals surface area contributed by atoms with Crippen molar-refractivity contribution in [1.29, 1.82) is 0 Å². The average Bonchev–Trinajstić information content (AvgIpc) is 2.39. The van der Waals surface area contributed by atoms with Crippen molar-refractivity contribution in [3.63, 3.8) is 0 Å². The zero-order chi connectivity index (χ0) is 13.0. The minimum Gasteiger partial charge on any atom is -0.487 e. The van der Waals surface area contributed by atoms with E-state index in [1.165, 1.54) is 0 Å². The summed E-state index contributed by atoms with van der Waals surface area (Å²) in [6.45, 7) is 0.947. The molecule has 2 aromatic carbocycles. The lowest BCUT2D eigenvalue weighted by Crippen LogP contribution is -2.03. The molecule has 0 aliphatic rings. The summed E-state index contributed by atoms with van der Waals surface area (Å²) in [6.07, 6.45) is 0. The van der Waals surface area contributed by atoms with E-state index >= 15 is 0 Å². The van der Waals surface area contributed by atoms with Crippen LogP contribution in [0.2, 0.25) is 5.02 Å². The van der Waals surface area contributed by atoms with E-state index in [1.54, 1.807) is 0 Å². The van der Waals surface area contributed by atoms with E-state index in [4.69, 9.17) is 22.1 Å². The van der Waals surface area contributed by atoms with Crippen LogP contribution in [0.25, 0.3) is 0 Å². The van der Waals surface area contributed by atoms with Crippen molar-refractivity contribution in [2.24, 2.45) is 5.73 Å². The van der Waals surface area contributed by atoms with Gasteiger partial charge in [0.05, 0.1) is 4.47 Å². The first kappa shape index (κ1) is 13.4. The average molecular weight is 327 g/mol. The number of hydrogen-bond donors (Lipinski definition) is 1. The van der Waals surface area contributed by atoms with Crippen LogP contribution in [0, 0.1) is 0 Å². The normalized spacial score (nSPS) is 10.4. The van der Waals surface area contributed by atoms with Gasteiger partial charge in [-0.15, -0.1) is 0 Å². The molecule has 2 aromatic rings. The van der Waals surface area contributed by atoms with E-state index in [1.807, 2.05) is 42.5 Å². The van der Waals surface area contributed by atoms with Gasteiger partial charge in [-0.2, -0.15) is 0 Å². The van der Waals surface area contributed by atoms with E-state index in [0.29, 0.717) is 13.2 Å². The first-order chi connectivity index (χ1) is 8.70. The standard InChI is InChI=1S/C14H13BrClNO/c15-13-3-1-2-11(8-17)14(13)18-9-10-4-6-12(16)7-5-10/h1-7H,8-9,17H2. The van der Waals surface area contributed by atoms with Crippen LogP contribution < -0.4 is 10.5 Å². The summed E-state index contributed by atoms with van der Waals surface area (Å²) in [5, 5.41) is 0.724. The summed E-state index contributed by atoms with van der Waals surface area (Å²) in [7, 11) is 0. The van der Waals surface area contributed by atoms with Crippen LogP contribution in [0.15, 0.2) is 46.9 Å². The topological polar surface area (TPSA) is 35.2 Å². The molecule has 0 aliphatic carbocycles. The molecule has 0 unspecified atom stereocenters. The third-order valence-corrected chi connectivity index (χ3v) is 3.44. The molecule has 0 saturated carbocycles. The Labute approximate surface area is 120 Å². The zero-order valence-electron chi connectivity index (χ0n) is 9.70. The summed E-state index contributed by atoms with van der Waals surface area (Å²) >= 11 is 9.31. The number of halogens is 2. The fourth-order valence-corrected chi connectivity index (χ4v) is 2.26. The second-order valence-corrected chi connectivity index (χ2v) is 5.14. The molecule has 0 atom stereocenters. The minimum atomic E-state index is 0.454. The predicted molar refractivity (Wildman–Crippen MR) is 77.8 cm³/mol. The number of ether oxygens (including phenoxy) is 1. The predicted octanol–water partition coefficient (Wildman–Crippen LogP) is 4.14. The van der Waals surface area contributed by atoms with Crippen LogP contribution in [-0.4, -0.2) is 0 Å². The number of nitrogens with two attached hydrogens (primary N) is 1. The molecule has 0 fully saturated rings. The van der Waals surface area contributed by atoms with Crippen molar-refractivity contribution >= 4 is 27.5 Å². The number of hydrogen-bond acceptors (Lipinski definition) is 2.